The zero-order valence-electron chi connectivity index (χ0n) is 6.42. The second kappa shape index (κ2) is 3.69. The van der Waals surface area contributed by atoms with Crippen LogP contribution in [0.2, 0.25) is 0 Å². The van der Waals surface area contributed by atoms with Gasteiger partial charge < -0.3 is 16.2 Å². The predicted molar refractivity (Wildman–Crippen MR) is 40.8 cm³/mol. The lowest BCUT2D eigenvalue weighted by Crippen LogP contribution is -2.30. The van der Waals surface area contributed by atoms with Gasteiger partial charge in [-0.1, -0.05) is 0 Å². The average Bonchev–Trinajstić information content (AvgIpc) is 2.37. The molecule has 0 aliphatic carbocycles. The van der Waals surface area contributed by atoms with Crippen LogP contribution in [0.3, 0.4) is 0 Å². The molecule has 0 saturated carbocycles. The number of amides is 1. The molecule has 1 aliphatic heterocycles. The zero-order valence-corrected chi connectivity index (χ0v) is 6.42. The highest BCUT2D eigenvalue weighted by atomic mass is 16.3. The average molecular weight is 158 g/mol. The van der Waals surface area contributed by atoms with Gasteiger partial charge in [0, 0.05) is 18.5 Å². The second-order valence-electron chi connectivity index (χ2n) is 2.95. The van der Waals surface area contributed by atoms with Crippen molar-refractivity contribution in [3.63, 3.8) is 0 Å². The van der Waals surface area contributed by atoms with Gasteiger partial charge in [0.25, 0.3) is 0 Å². The van der Waals surface area contributed by atoms with Crippen molar-refractivity contribution in [2.75, 3.05) is 13.2 Å². The molecule has 4 heteroatoms. The van der Waals surface area contributed by atoms with Crippen molar-refractivity contribution in [2.45, 2.75) is 18.9 Å². The van der Waals surface area contributed by atoms with Crippen molar-refractivity contribution in [2.24, 2.45) is 11.7 Å². The minimum atomic E-state index is -0.246. The standard InChI is InChI=1S/C7H14N2O2/c8-6(4-10)3-5-1-2-9-7(5)11/h5-6,10H,1-4,8H2,(H,9,11)/t5?,6-/m0/s1. The number of nitrogens with two attached hydrogens (primary N) is 1. The molecule has 1 heterocycles. The molecule has 4 nitrogen and oxygen atoms in total. The zero-order chi connectivity index (χ0) is 8.27. The Balaban J connectivity index is 2.30. The fraction of sp³-hybridized carbons (Fsp3) is 0.857. The van der Waals surface area contributed by atoms with E-state index in [9.17, 15) is 4.79 Å². The number of hydrogen-bond donors (Lipinski definition) is 3. The summed E-state index contributed by atoms with van der Waals surface area (Å²) in [5.74, 6) is 0.103. The van der Waals surface area contributed by atoms with Crippen molar-refractivity contribution >= 4 is 5.91 Å². The van der Waals surface area contributed by atoms with Crippen LogP contribution in [0.25, 0.3) is 0 Å². The first-order chi connectivity index (χ1) is 5.24. The van der Waals surface area contributed by atoms with Crippen LogP contribution in [-0.2, 0) is 4.79 Å². The molecule has 0 spiro atoms. The van der Waals surface area contributed by atoms with Gasteiger partial charge in [-0.05, 0) is 12.8 Å². The lowest BCUT2D eigenvalue weighted by Gasteiger charge is -2.10. The summed E-state index contributed by atoms with van der Waals surface area (Å²) >= 11 is 0. The summed E-state index contributed by atoms with van der Waals surface area (Å²) in [4.78, 5) is 11.0. The maximum Gasteiger partial charge on any atom is 0.223 e. The number of aliphatic hydroxyl groups is 1. The van der Waals surface area contributed by atoms with Gasteiger partial charge in [-0.2, -0.15) is 0 Å². The number of aliphatic hydroxyl groups excluding tert-OH is 1. The molecular formula is C7H14N2O2. The highest BCUT2D eigenvalue weighted by Gasteiger charge is 2.25. The minimum Gasteiger partial charge on any atom is -0.395 e. The minimum absolute atomic E-state index is 0.0251. The highest BCUT2D eigenvalue weighted by Crippen LogP contribution is 2.14. The molecule has 0 radical (unpaired) electrons. The molecule has 1 rings (SSSR count). The molecule has 0 bridgehead atoms. The molecule has 1 aliphatic rings. The fourth-order valence-corrected chi connectivity index (χ4v) is 1.31. The molecule has 2 atom stereocenters. The van der Waals surface area contributed by atoms with Crippen LogP contribution in [0.15, 0.2) is 0 Å². The first kappa shape index (κ1) is 8.49. The lowest BCUT2D eigenvalue weighted by atomic mass is 9.99. The molecule has 1 fully saturated rings. The Morgan fingerprint density at radius 1 is 1.82 bits per heavy atom. The van der Waals surface area contributed by atoms with Gasteiger partial charge in [-0.15, -0.1) is 0 Å². The van der Waals surface area contributed by atoms with E-state index in [1.165, 1.54) is 0 Å². The number of hydrogen-bond acceptors (Lipinski definition) is 3. The van der Waals surface area contributed by atoms with Crippen molar-refractivity contribution in [3.05, 3.63) is 0 Å². The van der Waals surface area contributed by atoms with Crippen molar-refractivity contribution < 1.29 is 9.90 Å². The summed E-state index contributed by atoms with van der Waals surface area (Å²) in [7, 11) is 0. The second-order valence-corrected chi connectivity index (χ2v) is 2.95. The van der Waals surface area contributed by atoms with E-state index < -0.39 is 0 Å². The quantitative estimate of drug-likeness (QED) is 0.484. The van der Waals surface area contributed by atoms with E-state index >= 15 is 0 Å². The number of carbonyl (C=O) groups excluding carboxylic acids is 1. The molecule has 0 aromatic carbocycles. The SMILES string of the molecule is N[C@H](CO)CC1CCNC1=O. The van der Waals surface area contributed by atoms with Crippen LogP contribution in [0.1, 0.15) is 12.8 Å². The van der Waals surface area contributed by atoms with E-state index in [1.54, 1.807) is 0 Å². The summed E-state index contributed by atoms with van der Waals surface area (Å²) < 4.78 is 0. The Bertz CT molecular complexity index is 149. The van der Waals surface area contributed by atoms with Gasteiger partial charge in [-0.3, -0.25) is 4.79 Å². The van der Waals surface area contributed by atoms with Crippen LogP contribution in [0.4, 0.5) is 0 Å². The van der Waals surface area contributed by atoms with Gasteiger partial charge in [0.15, 0.2) is 0 Å². The molecule has 0 aromatic rings. The molecule has 11 heavy (non-hydrogen) atoms. The molecule has 4 N–H and O–H groups in total. The Morgan fingerprint density at radius 2 is 2.55 bits per heavy atom. The Morgan fingerprint density at radius 3 is 3.00 bits per heavy atom. The first-order valence-electron chi connectivity index (χ1n) is 3.88. The lowest BCUT2D eigenvalue weighted by molar-refractivity contribution is -0.122. The number of nitrogens with one attached hydrogen (secondary N) is 1. The smallest absolute Gasteiger partial charge is 0.223 e. The normalized spacial score (nSPS) is 26.7. The van der Waals surface area contributed by atoms with E-state index in [1.807, 2.05) is 0 Å². The maximum absolute atomic E-state index is 11.0. The molecule has 0 aromatic heterocycles. The van der Waals surface area contributed by atoms with Crippen LogP contribution in [-0.4, -0.2) is 30.2 Å². The topological polar surface area (TPSA) is 75.3 Å². The maximum atomic E-state index is 11.0. The molecular weight excluding hydrogens is 144 g/mol. The molecule has 1 saturated heterocycles. The van der Waals surface area contributed by atoms with E-state index in [4.69, 9.17) is 10.8 Å². The van der Waals surface area contributed by atoms with Crippen LogP contribution in [0, 0.1) is 5.92 Å². The van der Waals surface area contributed by atoms with Crippen LogP contribution >= 0.6 is 0 Å². The predicted octanol–water partition coefficient (Wildman–Crippen LogP) is -1.17. The summed E-state index contributed by atoms with van der Waals surface area (Å²) in [6.45, 7) is 0.714. The Kier molecular flexibility index (Phi) is 2.84. The van der Waals surface area contributed by atoms with E-state index in [-0.39, 0.29) is 24.5 Å². The first-order valence-corrected chi connectivity index (χ1v) is 3.88. The summed E-state index contributed by atoms with van der Waals surface area (Å²) in [6, 6.07) is -0.246. The summed E-state index contributed by atoms with van der Waals surface area (Å²) in [5, 5.41) is 11.3. The van der Waals surface area contributed by atoms with Crippen LogP contribution < -0.4 is 11.1 Å². The third-order valence-corrected chi connectivity index (χ3v) is 1.98. The molecule has 1 unspecified atom stereocenters. The number of carbonyl (C=O) groups is 1. The largest absolute Gasteiger partial charge is 0.395 e. The van der Waals surface area contributed by atoms with Gasteiger partial charge in [-0.25, -0.2) is 0 Å². The van der Waals surface area contributed by atoms with Gasteiger partial charge >= 0.3 is 0 Å². The van der Waals surface area contributed by atoms with E-state index in [0.29, 0.717) is 6.42 Å². The number of rotatable bonds is 3. The van der Waals surface area contributed by atoms with Crippen molar-refractivity contribution in [1.82, 2.24) is 5.32 Å². The van der Waals surface area contributed by atoms with E-state index in [2.05, 4.69) is 5.32 Å². The third-order valence-electron chi connectivity index (χ3n) is 1.98. The molecule has 1 amide bonds. The van der Waals surface area contributed by atoms with Gasteiger partial charge in [0.2, 0.25) is 5.91 Å². The Labute approximate surface area is 65.8 Å². The summed E-state index contributed by atoms with van der Waals surface area (Å²) in [5.41, 5.74) is 5.48. The van der Waals surface area contributed by atoms with Gasteiger partial charge in [0.05, 0.1) is 6.61 Å². The third kappa shape index (κ3) is 2.17. The van der Waals surface area contributed by atoms with Crippen molar-refractivity contribution in [1.29, 1.82) is 0 Å². The van der Waals surface area contributed by atoms with Crippen molar-refractivity contribution in [3.8, 4) is 0 Å². The fourth-order valence-electron chi connectivity index (χ4n) is 1.31. The monoisotopic (exact) mass is 158 g/mol. The summed E-state index contributed by atoms with van der Waals surface area (Å²) in [6.07, 6.45) is 1.45. The molecule has 64 valence electrons. The highest BCUT2D eigenvalue weighted by molar-refractivity contribution is 5.80. The van der Waals surface area contributed by atoms with Crippen LogP contribution in [0.5, 0.6) is 0 Å². The van der Waals surface area contributed by atoms with Gasteiger partial charge in [0.1, 0.15) is 0 Å². The Hall–Kier alpha value is -0.610. The van der Waals surface area contributed by atoms with E-state index in [0.717, 1.165) is 13.0 Å².